The molecule has 0 spiro atoms. The Kier molecular flexibility index (Phi) is 5.29. The SMILES string of the molecule is CNCc1ccc(Sc2ncccc2Br)cc1C(F)(F)F. The molecular weight excluding hydrogens is 365 g/mol. The lowest BCUT2D eigenvalue weighted by Crippen LogP contribution is -2.14. The molecule has 0 aliphatic rings. The molecule has 0 saturated carbocycles. The molecule has 1 aromatic heterocycles. The third kappa shape index (κ3) is 4.21. The van der Waals surface area contributed by atoms with Crippen LogP contribution in [0.25, 0.3) is 0 Å². The van der Waals surface area contributed by atoms with Crippen LogP contribution < -0.4 is 5.32 Å². The van der Waals surface area contributed by atoms with Gasteiger partial charge in [0, 0.05) is 17.6 Å². The van der Waals surface area contributed by atoms with E-state index in [-0.39, 0.29) is 12.1 Å². The molecule has 1 aromatic carbocycles. The Morgan fingerprint density at radius 3 is 2.67 bits per heavy atom. The molecule has 0 radical (unpaired) electrons. The fourth-order valence-corrected chi connectivity index (χ4v) is 3.10. The lowest BCUT2D eigenvalue weighted by Gasteiger charge is -2.14. The van der Waals surface area contributed by atoms with Crippen molar-refractivity contribution >= 4 is 27.7 Å². The van der Waals surface area contributed by atoms with Crippen LogP contribution in [0.1, 0.15) is 11.1 Å². The van der Waals surface area contributed by atoms with Gasteiger partial charge in [0.2, 0.25) is 0 Å². The number of nitrogens with zero attached hydrogens (tertiary/aromatic N) is 1. The topological polar surface area (TPSA) is 24.9 Å². The zero-order valence-electron chi connectivity index (χ0n) is 11.0. The maximum atomic E-state index is 13.1. The summed E-state index contributed by atoms with van der Waals surface area (Å²) < 4.78 is 40.1. The van der Waals surface area contributed by atoms with Crippen molar-refractivity contribution in [1.82, 2.24) is 10.3 Å². The molecule has 0 saturated heterocycles. The number of pyridine rings is 1. The summed E-state index contributed by atoms with van der Waals surface area (Å²) in [5, 5.41) is 3.38. The van der Waals surface area contributed by atoms with Crippen LogP contribution in [0.5, 0.6) is 0 Å². The molecule has 1 N–H and O–H groups in total. The molecule has 0 fully saturated rings. The Morgan fingerprint density at radius 2 is 2.05 bits per heavy atom. The van der Waals surface area contributed by atoms with Crippen molar-refractivity contribution in [2.75, 3.05) is 7.05 Å². The standard InChI is InChI=1S/C14H12BrF3N2S/c1-19-8-9-4-5-10(7-11(9)14(16,17)18)21-13-12(15)3-2-6-20-13/h2-7,19H,8H2,1H3. The van der Waals surface area contributed by atoms with Gasteiger partial charge in [-0.15, -0.1) is 0 Å². The van der Waals surface area contributed by atoms with Gasteiger partial charge in [-0.05, 0) is 52.8 Å². The van der Waals surface area contributed by atoms with Crippen LogP contribution in [-0.4, -0.2) is 12.0 Å². The number of nitrogens with one attached hydrogen (secondary N) is 1. The number of hydrogen-bond donors (Lipinski definition) is 1. The van der Waals surface area contributed by atoms with Crippen LogP contribution in [0.4, 0.5) is 13.2 Å². The van der Waals surface area contributed by atoms with E-state index in [1.807, 2.05) is 0 Å². The maximum Gasteiger partial charge on any atom is 0.416 e. The van der Waals surface area contributed by atoms with Gasteiger partial charge in [0.15, 0.2) is 0 Å². The van der Waals surface area contributed by atoms with Gasteiger partial charge in [-0.3, -0.25) is 0 Å². The molecule has 2 nitrogen and oxygen atoms in total. The fourth-order valence-electron chi connectivity index (χ4n) is 1.79. The average molecular weight is 377 g/mol. The second-order valence-electron chi connectivity index (χ2n) is 4.24. The van der Waals surface area contributed by atoms with E-state index in [1.54, 1.807) is 31.4 Å². The number of halogens is 4. The van der Waals surface area contributed by atoms with Crippen LogP contribution in [0.2, 0.25) is 0 Å². The fraction of sp³-hybridized carbons (Fsp3) is 0.214. The summed E-state index contributed by atoms with van der Waals surface area (Å²) in [5.74, 6) is 0. The van der Waals surface area contributed by atoms with Crippen LogP contribution in [0, 0.1) is 0 Å². The highest BCUT2D eigenvalue weighted by Crippen LogP contribution is 2.37. The van der Waals surface area contributed by atoms with Gasteiger partial charge in [0.25, 0.3) is 0 Å². The largest absolute Gasteiger partial charge is 0.416 e. The molecule has 0 aliphatic heterocycles. The number of alkyl halides is 3. The molecular formula is C14H12BrF3N2S. The summed E-state index contributed by atoms with van der Waals surface area (Å²) in [5.41, 5.74) is -0.386. The second-order valence-corrected chi connectivity index (χ2v) is 6.16. The minimum absolute atomic E-state index is 0.174. The minimum atomic E-state index is -4.37. The third-order valence-corrected chi connectivity index (χ3v) is 4.60. The van der Waals surface area contributed by atoms with Gasteiger partial charge in [0.05, 0.1) is 10.0 Å². The first-order chi connectivity index (χ1) is 9.91. The van der Waals surface area contributed by atoms with Gasteiger partial charge in [-0.2, -0.15) is 13.2 Å². The lowest BCUT2D eigenvalue weighted by atomic mass is 10.1. The zero-order chi connectivity index (χ0) is 15.5. The molecule has 112 valence electrons. The first-order valence-electron chi connectivity index (χ1n) is 6.05. The molecule has 21 heavy (non-hydrogen) atoms. The van der Waals surface area contributed by atoms with Crippen molar-refractivity contribution in [3.8, 4) is 0 Å². The average Bonchev–Trinajstić information content (AvgIpc) is 2.42. The van der Waals surface area contributed by atoms with Crippen molar-refractivity contribution in [3.05, 3.63) is 52.1 Å². The predicted molar refractivity (Wildman–Crippen MR) is 80.3 cm³/mol. The first-order valence-corrected chi connectivity index (χ1v) is 7.66. The zero-order valence-corrected chi connectivity index (χ0v) is 13.4. The van der Waals surface area contributed by atoms with Crippen molar-refractivity contribution < 1.29 is 13.2 Å². The summed E-state index contributed by atoms with van der Waals surface area (Å²) in [6, 6.07) is 7.89. The number of rotatable bonds is 4. The molecule has 0 amide bonds. The van der Waals surface area contributed by atoms with E-state index in [0.29, 0.717) is 9.92 Å². The first kappa shape index (κ1) is 16.3. The van der Waals surface area contributed by atoms with E-state index < -0.39 is 11.7 Å². The predicted octanol–water partition coefficient (Wildman–Crippen LogP) is 4.73. The Labute approximate surface area is 133 Å². The van der Waals surface area contributed by atoms with E-state index in [2.05, 4.69) is 26.2 Å². The number of benzene rings is 1. The van der Waals surface area contributed by atoms with E-state index in [0.717, 1.165) is 4.47 Å². The Morgan fingerprint density at radius 1 is 1.29 bits per heavy atom. The highest BCUT2D eigenvalue weighted by Gasteiger charge is 2.33. The van der Waals surface area contributed by atoms with Crippen LogP contribution >= 0.6 is 27.7 Å². The normalized spacial score (nSPS) is 11.7. The summed E-state index contributed by atoms with van der Waals surface area (Å²) in [7, 11) is 1.62. The van der Waals surface area contributed by atoms with Crippen molar-refractivity contribution in [2.45, 2.75) is 22.6 Å². The summed E-state index contributed by atoms with van der Waals surface area (Å²) in [6.07, 6.45) is -2.77. The second kappa shape index (κ2) is 6.81. The van der Waals surface area contributed by atoms with Crippen LogP contribution in [-0.2, 0) is 12.7 Å². The van der Waals surface area contributed by atoms with Gasteiger partial charge < -0.3 is 5.32 Å². The van der Waals surface area contributed by atoms with Crippen molar-refractivity contribution in [3.63, 3.8) is 0 Å². The van der Waals surface area contributed by atoms with E-state index >= 15 is 0 Å². The lowest BCUT2D eigenvalue weighted by molar-refractivity contribution is -0.138. The van der Waals surface area contributed by atoms with Gasteiger partial charge in [-0.25, -0.2) is 4.98 Å². The molecule has 2 aromatic rings. The smallest absolute Gasteiger partial charge is 0.316 e. The molecule has 0 bridgehead atoms. The summed E-state index contributed by atoms with van der Waals surface area (Å²) in [6.45, 7) is 0.174. The monoisotopic (exact) mass is 376 g/mol. The van der Waals surface area contributed by atoms with Crippen molar-refractivity contribution in [2.24, 2.45) is 0 Å². The Balaban J connectivity index is 2.36. The van der Waals surface area contributed by atoms with Crippen LogP contribution in [0.3, 0.4) is 0 Å². The number of hydrogen-bond acceptors (Lipinski definition) is 3. The molecule has 7 heteroatoms. The minimum Gasteiger partial charge on any atom is -0.316 e. The molecule has 2 rings (SSSR count). The third-order valence-electron chi connectivity index (χ3n) is 2.69. The summed E-state index contributed by atoms with van der Waals surface area (Å²) >= 11 is 4.53. The summed E-state index contributed by atoms with van der Waals surface area (Å²) in [4.78, 5) is 4.65. The van der Waals surface area contributed by atoms with Crippen molar-refractivity contribution in [1.29, 1.82) is 0 Å². The van der Waals surface area contributed by atoms with E-state index in [4.69, 9.17) is 0 Å². The molecule has 0 atom stereocenters. The molecule has 0 aliphatic carbocycles. The van der Waals surface area contributed by atoms with Gasteiger partial charge >= 0.3 is 6.18 Å². The maximum absolute atomic E-state index is 13.1. The van der Waals surface area contributed by atoms with E-state index in [1.165, 1.54) is 23.9 Å². The highest BCUT2D eigenvalue weighted by atomic mass is 79.9. The van der Waals surface area contributed by atoms with Crippen LogP contribution in [0.15, 0.2) is 50.9 Å². The Hall–Kier alpha value is -1.05. The van der Waals surface area contributed by atoms with Gasteiger partial charge in [0.1, 0.15) is 5.03 Å². The highest BCUT2D eigenvalue weighted by molar-refractivity contribution is 9.10. The van der Waals surface area contributed by atoms with E-state index in [9.17, 15) is 13.2 Å². The molecule has 0 unspecified atom stereocenters. The number of aromatic nitrogens is 1. The van der Waals surface area contributed by atoms with Gasteiger partial charge in [-0.1, -0.05) is 17.8 Å². The quantitative estimate of drug-likeness (QED) is 0.834. The Bertz CT molecular complexity index is 632. The molecule has 1 heterocycles.